The predicted molar refractivity (Wildman–Crippen MR) is 91.8 cm³/mol. The Balaban J connectivity index is 0.000000845. The number of hydrogen-bond donors (Lipinski definition) is 0. The summed E-state index contributed by atoms with van der Waals surface area (Å²) in [6, 6.07) is 18.3. The molecule has 2 aliphatic carbocycles. The van der Waals surface area contributed by atoms with Crippen molar-refractivity contribution in [2.24, 2.45) is 0 Å². The molecule has 1 aliphatic heterocycles. The molecule has 1 fully saturated rings. The van der Waals surface area contributed by atoms with Crippen molar-refractivity contribution in [3.63, 3.8) is 0 Å². The minimum atomic E-state index is -0.544. The fourth-order valence-corrected chi connectivity index (χ4v) is 14.1. The molecule has 2 aromatic carbocycles. The summed E-state index contributed by atoms with van der Waals surface area (Å²) in [4.78, 5) is 0. The third-order valence-electron chi connectivity index (χ3n) is 5.09. The van der Waals surface area contributed by atoms with Crippen molar-refractivity contribution in [2.75, 3.05) is 6.16 Å². The Morgan fingerprint density at radius 3 is 1.71 bits per heavy atom. The van der Waals surface area contributed by atoms with Crippen molar-refractivity contribution in [3.05, 3.63) is 81.4 Å². The minimum absolute atomic E-state index is 0. The van der Waals surface area contributed by atoms with Crippen LogP contribution in [0.4, 0.5) is 0 Å². The van der Waals surface area contributed by atoms with Crippen LogP contribution in [0.1, 0.15) is 36.4 Å². The fraction of sp³-hybridized carbons (Fsp3) is 0.200. The van der Waals surface area contributed by atoms with Crippen LogP contribution in [-0.4, -0.2) is 6.16 Å². The molecule has 2 atom stereocenters. The quantitative estimate of drug-likeness (QED) is 0.528. The molecule has 2 aromatic rings. The topological polar surface area (TPSA) is 0 Å². The molecule has 0 bridgehead atoms. The standard InChI is InChI=1S/C20H17P.2ClH.Zr/c1-2-21(19-11-15-7-3-4-8-16(15)12-19)20-13-17-9-5-6-10-18(17)14-20;;;/h3-14H,2H2,1H3;2*1H;/q;;;+2/p-2. The molecule has 5 rings (SSSR count). The van der Waals surface area contributed by atoms with E-state index in [0.29, 0.717) is 0 Å². The van der Waals surface area contributed by atoms with E-state index in [9.17, 15) is 0 Å². The van der Waals surface area contributed by atoms with Crippen LogP contribution in [0.25, 0.3) is 12.2 Å². The third-order valence-corrected chi connectivity index (χ3v) is 13.6. The van der Waals surface area contributed by atoms with Crippen molar-refractivity contribution in [1.82, 2.24) is 0 Å². The maximum atomic E-state index is 2.55. The summed E-state index contributed by atoms with van der Waals surface area (Å²) in [5.41, 5.74) is 6.32. The maximum Gasteiger partial charge on any atom is -1.00 e. The first-order valence-electron chi connectivity index (χ1n) is 8.01. The van der Waals surface area contributed by atoms with Crippen LogP contribution in [-0.2, 0) is 23.2 Å². The van der Waals surface area contributed by atoms with E-state index in [-0.39, 0.29) is 32.7 Å². The first kappa shape index (κ1) is 18.6. The van der Waals surface area contributed by atoms with Gasteiger partial charge in [-0.3, -0.25) is 0 Å². The number of benzene rings is 2. The van der Waals surface area contributed by atoms with Gasteiger partial charge in [-0.05, 0) is 0 Å². The second-order valence-corrected chi connectivity index (χ2v) is 12.4. The van der Waals surface area contributed by atoms with Crippen LogP contribution in [0.15, 0.2) is 59.2 Å². The average Bonchev–Trinajstić information content (AvgIpc) is 3.11. The Bertz CT molecular complexity index is 776. The minimum Gasteiger partial charge on any atom is -1.00 e. The van der Waals surface area contributed by atoms with E-state index in [4.69, 9.17) is 0 Å². The number of hydrogen-bond acceptors (Lipinski definition) is 0. The molecule has 0 saturated carbocycles. The zero-order valence-electron chi connectivity index (χ0n) is 13.3. The van der Waals surface area contributed by atoms with Gasteiger partial charge < -0.3 is 24.8 Å². The largest absolute Gasteiger partial charge is 1.00 e. The van der Waals surface area contributed by atoms with Crippen LogP contribution in [0.2, 0.25) is 0 Å². The number of allylic oxidation sites excluding steroid dienone is 2. The fourth-order valence-electron chi connectivity index (χ4n) is 4.11. The van der Waals surface area contributed by atoms with Crippen molar-refractivity contribution in [2.45, 2.75) is 14.2 Å². The van der Waals surface area contributed by atoms with Crippen molar-refractivity contribution in [3.8, 4) is 0 Å². The van der Waals surface area contributed by atoms with Crippen LogP contribution in [0.3, 0.4) is 0 Å². The Kier molecular flexibility index (Phi) is 5.58. The number of rotatable bonds is 1. The van der Waals surface area contributed by atoms with Gasteiger partial charge in [0.2, 0.25) is 0 Å². The van der Waals surface area contributed by atoms with Crippen molar-refractivity contribution < 1.29 is 48.0 Å². The Labute approximate surface area is 169 Å². The van der Waals surface area contributed by atoms with E-state index in [0.717, 1.165) is 7.25 Å². The summed E-state index contributed by atoms with van der Waals surface area (Å²) < 4.78 is 1.67. The summed E-state index contributed by atoms with van der Waals surface area (Å²) in [5, 5.41) is 3.61. The molecular weight excluding hydrogens is 433 g/mol. The smallest absolute Gasteiger partial charge is 1.00 e. The van der Waals surface area contributed by atoms with Crippen LogP contribution < -0.4 is 24.8 Å². The number of fused-ring (bicyclic) bond motifs is 6. The van der Waals surface area contributed by atoms with E-state index in [1.807, 2.05) is 0 Å². The SMILES string of the molecule is CCP1C2=Cc3ccccc3[CH]2[Zr+2][CH]2C1=Cc1ccccc12.[Cl-].[Cl-]. The van der Waals surface area contributed by atoms with Gasteiger partial charge in [0.25, 0.3) is 0 Å². The molecule has 0 nitrogen and oxygen atoms in total. The molecule has 0 amide bonds. The van der Waals surface area contributed by atoms with Gasteiger partial charge in [-0.15, -0.1) is 0 Å². The molecule has 1 heterocycles. The average molecular weight is 450 g/mol. The predicted octanol–water partition coefficient (Wildman–Crippen LogP) is -0.216. The Morgan fingerprint density at radius 2 is 1.25 bits per heavy atom. The van der Waals surface area contributed by atoms with Gasteiger partial charge in [0.15, 0.2) is 0 Å². The van der Waals surface area contributed by atoms with Gasteiger partial charge in [-0.2, -0.15) is 0 Å². The van der Waals surface area contributed by atoms with Gasteiger partial charge >= 0.3 is 145 Å². The van der Waals surface area contributed by atoms with Crippen LogP contribution >= 0.6 is 7.92 Å². The molecular formula is C20H17Cl2PZr. The van der Waals surface area contributed by atoms with E-state index in [1.54, 1.807) is 21.8 Å². The number of halogens is 2. The maximum absolute atomic E-state index is 2.55. The first-order valence-corrected chi connectivity index (χ1v) is 12.4. The summed E-state index contributed by atoms with van der Waals surface area (Å²) in [6.07, 6.45) is 6.41. The Hall–Kier alpha value is -0.187. The van der Waals surface area contributed by atoms with E-state index >= 15 is 0 Å². The van der Waals surface area contributed by atoms with Gasteiger partial charge in [0.05, 0.1) is 0 Å². The molecule has 120 valence electrons. The van der Waals surface area contributed by atoms with Crippen molar-refractivity contribution in [1.29, 1.82) is 0 Å². The second kappa shape index (κ2) is 7.21. The van der Waals surface area contributed by atoms with Crippen LogP contribution in [0.5, 0.6) is 0 Å². The zero-order chi connectivity index (χ0) is 14.7. The normalized spacial score (nSPS) is 24.5. The van der Waals surface area contributed by atoms with Gasteiger partial charge in [-0.25, -0.2) is 0 Å². The monoisotopic (exact) mass is 448 g/mol. The van der Waals surface area contributed by atoms with Crippen molar-refractivity contribution >= 4 is 20.1 Å². The summed E-state index contributed by atoms with van der Waals surface area (Å²) in [7, 11) is -0.0783. The van der Waals surface area contributed by atoms with Gasteiger partial charge in [0, 0.05) is 0 Å². The van der Waals surface area contributed by atoms with E-state index < -0.39 is 23.2 Å². The molecule has 0 N–H and O–H groups in total. The zero-order valence-corrected chi connectivity index (χ0v) is 18.2. The molecule has 4 heteroatoms. The van der Waals surface area contributed by atoms with E-state index in [2.05, 4.69) is 67.6 Å². The molecule has 0 aromatic heterocycles. The van der Waals surface area contributed by atoms with Gasteiger partial charge in [0.1, 0.15) is 0 Å². The third kappa shape index (κ3) is 2.64. The van der Waals surface area contributed by atoms with E-state index in [1.165, 1.54) is 17.3 Å². The molecule has 24 heavy (non-hydrogen) atoms. The molecule has 2 unspecified atom stereocenters. The molecule has 1 saturated heterocycles. The van der Waals surface area contributed by atoms with Gasteiger partial charge in [-0.1, -0.05) is 0 Å². The molecule has 0 spiro atoms. The molecule has 0 radical (unpaired) electrons. The first-order chi connectivity index (χ1) is 10.9. The summed E-state index contributed by atoms with van der Waals surface area (Å²) in [5.74, 6) is 0. The summed E-state index contributed by atoms with van der Waals surface area (Å²) >= 11 is -0.544. The Morgan fingerprint density at radius 1 is 0.792 bits per heavy atom. The summed E-state index contributed by atoms with van der Waals surface area (Å²) in [6.45, 7) is 2.39. The second-order valence-electron chi connectivity index (χ2n) is 6.17. The molecule has 3 aliphatic rings. The van der Waals surface area contributed by atoms with Crippen LogP contribution in [0, 0.1) is 0 Å².